The van der Waals surface area contributed by atoms with Gasteiger partial charge >= 0.3 is 0 Å². The maximum Gasteiger partial charge on any atom is 0.255 e. The Morgan fingerprint density at radius 2 is 2.22 bits per heavy atom. The molecule has 2 atom stereocenters. The molecule has 0 saturated carbocycles. The molecule has 126 valence electrons. The molecule has 3 heterocycles. The summed E-state index contributed by atoms with van der Waals surface area (Å²) in [7, 11) is 5.84. The van der Waals surface area contributed by atoms with Crippen molar-refractivity contribution in [3.63, 3.8) is 0 Å². The van der Waals surface area contributed by atoms with Crippen molar-refractivity contribution >= 4 is 11.8 Å². The molecule has 0 unspecified atom stereocenters. The summed E-state index contributed by atoms with van der Waals surface area (Å²) in [5, 5.41) is 0. The highest BCUT2D eigenvalue weighted by Crippen LogP contribution is 2.36. The number of likely N-dealkylation sites (tertiary alicyclic amines) is 1. The highest BCUT2D eigenvalue weighted by atomic mass is 16.5. The molecule has 2 aliphatic heterocycles. The molecule has 23 heavy (non-hydrogen) atoms. The number of nitrogens with zero attached hydrogens (tertiary/aromatic N) is 3. The van der Waals surface area contributed by atoms with Gasteiger partial charge in [-0.15, -0.1) is 0 Å². The number of H-pyrrole nitrogens is 1. The van der Waals surface area contributed by atoms with Crippen LogP contribution in [0.25, 0.3) is 0 Å². The van der Waals surface area contributed by atoms with Crippen LogP contribution in [0.2, 0.25) is 0 Å². The Bertz CT molecular complexity index is 586. The van der Waals surface area contributed by atoms with Crippen LogP contribution in [-0.4, -0.2) is 91.5 Å². The van der Waals surface area contributed by atoms with Gasteiger partial charge in [0.15, 0.2) is 0 Å². The van der Waals surface area contributed by atoms with Crippen LogP contribution in [0.15, 0.2) is 18.5 Å². The van der Waals surface area contributed by atoms with Crippen molar-refractivity contribution in [2.45, 2.75) is 6.04 Å². The lowest BCUT2D eigenvalue weighted by atomic mass is 9.82. The fraction of sp³-hybridized carbons (Fsp3) is 0.625. The van der Waals surface area contributed by atoms with Crippen molar-refractivity contribution in [2.24, 2.45) is 5.41 Å². The molecule has 0 aliphatic carbocycles. The summed E-state index contributed by atoms with van der Waals surface area (Å²) in [6.45, 7) is 2.44. The summed E-state index contributed by atoms with van der Waals surface area (Å²) in [5.74, 6) is 0.0167. The van der Waals surface area contributed by atoms with Crippen LogP contribution in [0.4, 0.5) is 0 Å². The van der Waals surface area contributed by atoms with E-state index in [4.69, 9.17) is 4.74 Å². The minimum atomic E-state index is -0.254. The molecule has 2 aliphatic rings. The second-order valence-corrected chi connectivity index (χ2v) is 6.87. The fourth-order valence-electron chi connectivity index (χ4n) is 3.81. The first-order chi connectivity index (χ1) is 10.9. The number of hydrogen-bond acceptors (Lipinski definition) is 4. The van der Waals surface area contributed by atoms with Gasteiger partial charge in [0.25, 0.3) is 5.91 Å². The predicted molar refractivity (Wildman–Crippen MR) is 85.1 cm³/mol. The van der Waals surface area contributed by atoms with Crippen LogP contribution >= 0.6 is 0 Å². The lowest BCUT2D eigenvalue weighted by Gasteiger charge is -2.37. The normalized spacial score (nSPS) is 28.7. The highest BCUT2D eigenvalue weighted by Gasteiger charge is 2.51. The molecular weight excluding hydrogens is 296 g/mol. The standard InChI is InChI=1S/C16H24N4O3/c1-18(2)13-7-20(15(22)12-4-5-17-6-12)10-16(13)9-19(3)14(21)8-23-11-16/h4-6,13,17H,7-11H2,1-3H3/t13-,16-/m1/s1. The fourth-order valence-corrected chi connectivity index (χ4v) is 3.81. The molecule has 0 aromatic carbocycles. The van der Waals surface area contributed by atoms with Gasteiger partial charge in [-0.25, -0.2) is 0 Å². The van der Waals surface area contributed by atoms with E-state index in [0.29, 0.717) is 31.8 Å². The van der Waals surface area contributed by atoms with Gasteiger partial charge in [-0.2, -0.15) is 0 Å². The summed E-state index contributed by atoms with van der Waals surface area (Å²) in [5.41, 5.74) is 0.412. The molecule has 7 nitrogen and oxygen atoms in total. The first-order valence-corrected chi connectivity index (χ1v) is 7.83. The minimum Gasteiger partial charge on any atom is -0.371 e. The van der Waals surface area contributed by atoms with Gasteiger partial charge in [0.1, 0.15) is 6.61 Å². The molecule has 0 bridgehead atoms. The van der Waals surface area contributed by atoms with E-state index in [9.17, 15) is 9.59 Å². The Labute approximate surface area is 136 Å². The van der Waals surface area contributed by atoms with Crippen LogP contribution < -0.4 is 0 Å². The summed E-state index contributed by atoms with van der Waals surface area (Å²) >= 11 is 0. The molecule has 2 saturated heterocycles. The average Bonchev–Trinajstić information content (AvgIpc) is 3.11. The van der Waals surface area contributed by atoms with Gasteiger partial charge in [0.05, 0.1) is 12.2 Å². The molecule has 7 heteroatoms. The van der Waals surface area contributed by atoms with Gasteiger partial charge in [-0.3, -0.25) is 9.59 Å². The number of nitrogens with one attached hydrogen (secondary N) is 1. The molecule has 2 fully saturated rings. The number of aromatic amines is 1. The molecule has 1 N–H and O–H groups in total. The van der Waals surface area contributed by atoms with Gasteiger partial charge in [0, 0.05) is 50.5 Å². The zero-order chi connectivity index (χ0) is 16.6. The van der Waals surface area contributed by atoms with Crippen LogP contribution in [-0.2, 0) is 9.53 Å². The Morgan fingerprint density at radius 1 is 1.43 bits per heavy atom. The Hall–Kier alpha value is -1.86. The van der Waals surface area contributed by atoms with Gasteiger partial charge < -0.3 is 24.4 Å². The molecular formula is C16H24N4O3. The van der Waals surface area contributed by atoms with Crippen molar-refractivity contribution in [3.05, 3.63) is 24.0 Å². The number of carbonyl (C=O) groups excluding carboxylic acids is 2. The van der Waals surface area contributed by atoms with Crippen molar-refractivity contribution in [1.29, 1.82) is 0 Å². The molecule has 0 radical (unpaired) electrons. The van der Waals surface area contributed by atoms with E-state index in [2.05, 4.69) is 9.88 Å². The van der Waals surface area contributed by atoms with Crippen LogP contribution in [0.1, 0.15) is 10.4 Å². The number of amides is 2. The lowest BCUT2D eigenvalue weighted by Crippen LogP contribution is -2.51. The number of likely N-dealkylation sites (N-methyl/N-ethyl adjacent to an activating group) is 2. The van der Waals surface area contributed by atoms with Gasteiger partial charge in [-0.05, 0) is 20.2 Å². The zero-order valence-corrected chi connectivity index (χ0v) is 13.9. The van der Waals surface area contributed by atoms with Crippen LogP contribution in [0.3, 0.4) is 0 Å². The van der Waals surface area contributed by atoms with Gasteiger partial charge in [0.2, 0.25) is 5.91 Å². The Kier molecular flexibility index (Phi) is 4.16. The number of carbonyl (C=O) groups is 2. The third-order valence-electron chi connectivity index (χ3n) is 4.95. The van der Waals surface area contributed by atoms with Crippen molar-refractivity contribution in [1.82, 2.24) is 19.7 Å². The summed E-state index contributed by atoms with van der Waals surface area (Å²) in [6.07, 6.45) is 3.47. The van der Waals surface area contributed by atoms with Crippen LogP contribution in [0.5, 0.6) is 0 Å². The van der Waals surface area contributed by atoms with E-state index in [-0.39, 0.29) is 29.9 Å². The Morgan fingerprint density at radius 3 is 2.87 bits per heavy atom. The summed E-state index contributed by atoms with van der Waals surface area (Å²) in [4.78, 5) is 33.3. The van der Waals surface area contributed by atoms with Crippen LogP contribution in [0, 0.1) is 5.41 Å². The zero-order valence-electron chi connectivity index (χ0n) is 13.9. The smallest absolute Gasteiger partial charge is 0.255 e. The van der Waals surface area contributed by atoms with Crippen molar-refractivity contribution in [3.8, 4) is 0 Å². The quantitative estimate of drug-likeness (QED) is 0.825. The first-order valence-electron chi connectivity index (χ1n) is 7.83. The SMILES string of the molecule is CN1C[C@]2(COCC1=O)CN(C(=O)c1cc[nH]c1)C[C@H]2N(C)C. The predicted octanol–water partition coefficient (Wildman–Crippen LogP) is -0.124. The largest absolute Gasteiger partial charge is 0.371 e. The number of ether oxygens (including phenoxy) is 1. The average molecular weight is 320 g/mol. The number of rotatable bonds is 2. The third kappa shape index (κ3) is 2.86. The molecule has 1 aromatic rings. The monoisotopic (exact) mass is 320 g/mol. The first kappa shape index (κ1) is 16.0. The van der Waals surface area contributed by atoms with Crippen molar-refractivity contribution in [2.75, 3.05) is 54.0 Å². The van der Waals surface area contributed by atoms with E-state index in [1.807, 2.05) is 26.0 Å². The molecule has 2 amide bonds. The van der Waals surface area contributed by atoms with E-state index in [0.717, 1.165) is 0 Å². The van der Waals surface area contributed by atoms with Gasteiger partial charge in [-0.1, -0.05) is 0 Å². The molecule has 3 rings (SSSR count). The maximum atomic E-state index is 12.7. The lowest BCUT2D eigenvalue weighted by molar-refractivity contribution is -0.132. The van der Waals surface area contributed by atoms with E-state index in [1.165, 1.54) is 0 Å². The number of hydrogen-bond donors (Lipinski definition) is 1. The minimum absolute atomic E-state index is 0.00482. The van der Waals surface area contributed by atoms with Crippen molar-refractivity contribution < 1.29 is 14.3 Å². The second-order valence-electron chi connectivity index (χ2n) is 6.87. The number of aromatic nitrogens is 1. The van der Waals surface area contributed by atoms with E-state index >= 15 is 0 Å². The Balaban J connectivity index is 1.86. The molecule has 1 aromatic heterocycles. The van der Waals surface area contributed by atoms with E-state index in [1.54, 1.807) is 23.4 Å². The molecule has 1 spiro atoms. The topological polar surface area (TPSA) is 68.9 Å². The summed E-state index contributed by atoms with van der Waals surface area (Å²) < 4.78 is 5.65. The maximum absolute atomic E-state index is 12.7. The second kappa shape index (κ2) is 5.98. The third-order valence-corrected chi connectivity index (χ3v) is 4.95. The van der Waals surface area contributed by atoms with E-state index < -0.39 is 0 Å². The highest BCUT2D eigenvalue weighted by molar-refractivity contribution is 5.94. The summed E-state index contributed by atoms with van der Waals surface area (Å²) in [6, 6.07) is 1.94.